The second-order valence-corrected chi connectivity index (χ2v) is 5.61. The first-order valence-corrected chi connectivity index (χ1v) is 5.95. The zero-order chi connectivity index (χ0) is 13.7. The molecule has 1 aliphatic rings. The third kappa shape index (κ3) is 1.48. The van der Waals surface area contributed by atoms with E-state index in [2.05, 4.69) is 0 Å². The Morgan fingerprint density at radius 1 is 1.33 bits per heavy atom. The lowest BCUT2D eigenvalue weighted by atomic mass is 9.63. The quantitative estimate of drug-likeness (QED) is 0.804. The van der Waals surface area contributed by atoms with Gasteiger partial charge in [-0.05, 0) is 31.0 Å². The number of benzene rings is 1. The fraction of sp³-hybridized carbons (Fsp3) is 0.500. The van der Waals surface area contributed by atoms with Gasteiger partial charge in [0.2, 0.25) is 5.60 Å². The fourth-order valence-corrected chi connectivity index (χ4v) is 2.44. The molecule has 1 aliphatic heterocycles. The predicted molar refractivity (Wildman–Crippen MR) is 67.0 cm³/mol. The highest BCUT2D eigenvalue weighted by Crippen LogP contribution is 2.53. The molecule has 18 heavy (non-hydrogen) atoms. The molecule has 4 nitrogen and oxygen atoms in total. The molecule has 0 radical (unpaired) electrons. The minimum atomic E-state index is -1.28. The van der Waals surface area contributed by atoms with E-state index >= 15 is 0 Å². The number of aliphatic carboxylic acids is 1. The fourth-order valence-electron chi connectivity index (χ4n) is 2.44. The summed E-state index contributed by atoms with van der Waals surface area (Å²) in [5, 5.41) is 19.0. The largest absolute Gasteiger partial charge is 0.508 e. The Hall–Kier alpha value is -1.71. The van der Waals surface area contributed by atoms with Crippen molar-refractivity contribution in [3.05, 3.63) is 23.8 Å². The Bertz CT molecular complexity index is 507. The smallest absolute Gasteiger partial charge is 0.348 e. The predicted octanol–water partition coefficient (Wildman–Crippen LogP) is 2.76. The van der Waals surface area contributed by atoms with E-state index in [1.54, 1.807) is 19.1 Å². The van der Waals surface area contributed by atoms with Crippen LogP contribution in [0.3, 0.4) is 0 Å². The van der Waals surface area contributed by atoms with Crippen LogP contribution >= 0.6 is 0 Å². The van der Waals surface area contributed by atoms with Crippen molar-refractivity contribution in [1.82, 2.24) is 0 Å². The van der Waals surface area contributed by atoms with E-state index in [0.29, 0.717) is 5.75 Å². The van der Waals surface area contributed by atoms with Gasteiger partial charge in [0, 0.05) is 11.0 Å². The van der Waals surface area contributed by atoms with E-state index in [9.17, 15) is 15.0 Å². The average Bonchev–Trinajstić information content (AvgIpc) is 2.28. The second kappa shape index (κ2) is 3.64. The summed E-state index contributed by atoms with van der Waals surface area (Å²) < 4.78 is 5.71. The van der Waals surface area contributed by atoms with Crippen molar-refractivity contribution in [3.8, 4) is 11.5 Å². The molecule has 0 saturated carbocycles. The number of ether oxygens (including phenoxy) is 1. The van der Waals surface area contributed by atoms with Crippen LogP contribution in [0.4, 0.5) is 0 Å². The number of hydrogen-bond donors (Lipinski definition) is 2. The van der Waals surface area contributed by atoms with Gasteiger partial charge in [-0.25, -0.2) is 4.79 Å². The zero-order valence-corrected chi connectivity index (χ0v) is 11.0. The Kier molecular flexibility index (Phi) is 2.58. The Balaban J connectivity index is 2.63. The molecule has 98 valence electrons. The van der Waals surface area contributed by atoms with Crippen LogP contribution < -0.4 is 4.74 Å². The molecule has 2 atom stereocenters. The van der Waals surface area contributed by atoms with Crippen molar-refractivity contribution in [3.63, 3.8) is 0 Å². The summed E-state index contributed by atoms with van der Waals surface area (Å²) in [5.74, 6) is -0.309. The third-order valence-electron chi connectivity index (χ3n) is 4.49. The third-order valence-corrected chi connectivity index (χ3v) is 4.49. The van der Waals surface area contributed by atoms with E-state index in [1.165, 1.54) is 6.07 Å². The normalized spacial score (nSPS) is 29.2. The number of carboxylic acids is 1. The number of phenols is 1. The molecule has 4 heteroatoms. The highest BCUT2D eigenvalue weighted by Gasteiger charge is 2.56. The number of aromatic hydroxyl groups is 1. The van der Waals surface area contributed by atoms with Crippen LogP contribution in [0.5, 0.6) is 11.5 Å². The molecule has 2 unspecified atom stereocenters. The molecule has 2 rings (SSSR count). The van der Waals surface area contributed by atoms with E-state index in [-0.39, 0.29) is 11.7 Å². The highest BCUT2D eigenvalue weighted by atomic mass is 16.5. The summed E-state index contributed by atoms with van der Waals surface area (Å²) in [6.07, 6.45) is 0. The number of carboxylic acid groups (broad SMARTS) is 1. The summed E-state index contributed by atoms with van der Waals surface area (Å²) >= 11 is 0. The van der Waals surface area contributed by atoms with Crippen LogP contribution in [0.25, 0.3) is 0 Å². The van der Waals surface area contributed by atoms with Crippen LogP contribution in [0.2, 0.25) is 0 Å². The number of phenolic OH excluding ortho intramolecular Hbond substituents is 1. The first kappa shape index (κ1) is 12.7. The molecular weight excluding hydrogens is 232 g/mol. The highest BCUT2D eigenvalue weighted by molar-refractivity contribution is 5.79. The molecule has 0 aromatic heterocycles. The summed E-state index contributed by atoms with van der Waals surface area (Å²) in [7, 11) is 0. The Labute approximate surface area is 106 Å². The minimum Gasteiger partial charge on any atom is -0.508 e. The molecule has 1 heterocycles. The van der Waals surface area contributed by atoms with E-state index in [4.69, 9.17) is 4.74 Å². The molecule has 0 aliphatic carbocycles. The van der Waals surface area contributed by atoms with Crippen molar-refractivity contribution in [2.24, 2.45) is 5.41 Å². The molecular formula is C14H18O4. The van der Waals surface area contributed by atoms with Crippen molar-refractivity contribution in [2.45, 2.75) is 39.2 Å². The van der Waals surface area contributed by atoms with Gasteiger partial charge < -0.3 is 14.9 Å². The molecule has 0 amide bonds. The van der Waals surface area contributed by atoms with Crippen LogP contribution in [0.1, 0.15) is 39.2 Å². The molecule has 0 fully saturated rings. The van der Waals surface area contributed by atoms with Gasteiger partial charge in [0.05, 0.1) is 0 Å². The Morgan fingerprint density at radius 3 is 2.50 bits per heavy atom. The van der Waals surface area contributed by atoms with Crippen LogP contribution in [-0.4, -0.2) is 21.8 Å². The summed E-state index contributed by atoms with van der Waals surface area (Å²) in [4.78, 5) is 11.5. The van der Waals surface area contributed by atoms with Crippen LogP contribution in [0, 0.1) is 5.41 Å². The average molecular weight is 250 g/mol. The first-order valence-electron chi connectivity index (χ1n) is 5.95. The summed E-state index contributed by atoms with van der Waals surface area (Å²) in [6, 6.07) is 4.77. The lowest BCUT2D eigenvalue weighted by Crippen LogP contribution is -2.57. The lowest BCUT2D eigenvalue weighted by molar-refractivity contribution is -0.169. The first-order chi connectivity index (χ1) is 8.20. The second-order valence-electron chi connectivity index (χ2n) is 5.61. The SMILES string of the molecule is CC1c2cc(O)ccc2OC(C)(C(=O)O)C1(C)C. The van der Waals surface area contributed by atoms with Crippen molar-refractivity contribution < 1.29 is 19.7 Å². The monoisotopic (exact) mass is 250 g/mol. The standard InChI is InChI=1S/C14H18O4/c1-8-10-7-9(15)5-6-11(10)18-14(4,12(16)17)13(8,2)3/h5-8,15H,1-4H3,(H,16,17). The molecule has 1 aromatic rings. The van der Waals surface area contributed by atoms with Crippen molar-refractivity contribution >= 4 is 5.97 Å². The maximum Gasteiger partial charge on any atom is 0.348 e. The zero-order valence-electron chi connectivity index (χ0n) is 11.0. The molecule has 1 aromatic carbocycles. The van der Waals surface area contributed by atoms with Crippen LogP contribution in [0.15, 0.2) is 18.2 Å². The number of hydrogen-bond acceptors (Lipinski definition) is 3. The van der Waals surface area contributed by atoms with Gasteiger partial charge in [0.1, 0.15) is 11.5 Å². The topological polar surface area (TPSA) is 66.8 Å². The number of carbonyl (C=O) groups is 1. The van der Waals surface area contributed by atoms with Gasteiger partial charge >= 0.3 is 5.97 Å². The van der Waals surface area contributed by atoms with Crippen molar-refractivity contribution in [1.29, 1.82) is 0 Å². The lowest BCUT2D eigenvalue weighted by Gasteiger charge is -2.49. The molecule has 2 N–H and O–H groups in total. The van der Waals surface area contributed by atoms with Gasteiger partial charge in [0.15, 0.2) is 0 Å². The molecule has 0 saturated heterocycles. The van der Waals surface area contributed by atoms with Gasteiger partial charge in [-0.15, -0.1) is 0 Å². The van der Waals surface area contributed by atoms with Crippen molar-refractivity contribution in [2.75, 3.05) is 0 Å². The maximum atomic E-state index is 11.5. The van der Waals surface area contributed by atoms with Crippen LogP contribution in [-0.2, 0) is 4.79 Å². The van der Waals surface area contributed by atoms with Gasteiger partial charge in [0.25, 0.3) is 0 Å². The Morgan fingerprint density at radius 2 is 1.94 bits per heavy atom. The van der Waals surface area contributed by atoms with Gasteiger partial charge in [-0.3, -0.25) is 0 Å². The van der Waals surface area contributed by atoms with E-state index in [1.807, 2.05) is 20.8 Å². The van der Waals surface area contributed by atoms with E-state index in [0.717, 1.165) is 5.56 Å². The van der Waals surface area contributed by atoms with E-state index < -0.39 is 17.0 Å². The summed E-state index contributed by atoms with van der Waals surface area (Å²) in [6.45, 7) is 7.31. The minimum absolute atomic E-state index is 0.0329. The van der Waals surface area contributed by atoms with Gasteiger partial charge in [-0.1, -0.05) is 20.8 Å². The molecule has 0 bridgehead atoms. The number of fused-ring (bicyclic) bond motifs is 1. The molecule has 0 spiro atoms. The maximum absolute atomic E-state index is 11.5. The summed E-state index contributed by atoms with van der Waals surface area (Å²) in [5.41, 5.74) is -1.02. The number of rotatable bonds is 1. The van der Waals surface area contributed by atoms with Gasteiger partial charge in [-0.2, -0.15) is 0 Å².